The van der Waals surface area contributed by atoms with Gasteiger partial charge in [0, 0.05) is 24.8 Å². The van der Waals surface area contributed by atoms with E-state index in [0.29, 0.717) is 18.7 Å². The predicted molar refractivity (Wildman–Crippen MR) is 64.1 cm³/mol. The largest absolute Gasteiger partial charge is 0.352 e. The average molecular weight is 233 g/mol. The van der Waals surface area contributed by atoms with Crippen LogP contribution in [0.4, 0.5) is 5.82 Å². The molecule has 1 aliphatic heterocycles. The van der Waals surface area contributed by atoms with Gasteiger partial charge in [0.1, 0.15) is 11.4 Å². The zero-order valence-corrected chi connectivity index (χ0v) is 9.93. The van der Waals surface area contributed by atoms with Crippen LogP contribution >= 0.6 is 0 Å². The van der Waals surface area contributed by atoms with Gasteiger partial charge in [-0.1, -0.05) is 0 Å². The maximum Gasteiger partial charge on any atom is 0.245 e. The summed E-state index contributed by atoms with van der Waals surface area (Å²) in [5.41, 5.74) is -0.0819. The fraction of sp³-hybridized carbons (Fsp3) is 0.417. The van der Waals surface area contributed by atoms with Crippen molar-refractivity contribution in [2.24, 2.45) is 0 Å². The van der Waals surface area contributed by atoms with Gasteiger partial charge in [-0.05, 0) is 26.0 Å². The molecule has 0 aromatic carbocycles. The summed E-state index contributed by atoms with van der Waals surface area (Å²) in [5.74, 6) is 0.709. The number of pyridine rings is 1. The van der Waals surface area contributed by atoms with Crippen LogP contribution in [0.1, 0.15) is 24.2 Å². The molecule has 0 bridgehead atoms. The van der Waals surface area contributed by atoms with Gasteiger partial charge in [-0.15, -0.1) is 0 Å². The first-order valence-electron chi connectivity index (χ1n) is 5.53. The Hall–Kier alpha value is -1.91. The van der Waals surface area contributed by atoms with Crippen LogP contribution in [-0.2, 0) is 4.79 Å². The van der Waals surface area contributed by atoms with Gasteiger partial charge in [0.25, 0.3) is 0 Å². The van der Waals surface area contributed by atoms with Gasteiger partial charge < -0.3 is 10.2 Å². The van der Waals surface area contributed by atoms with Gasteiger partial charge in [0.2, 0.25) is 5.91 Å². The van der Waals surface area contributed by atoms with E-state index in [1.54, 1.807) is 12.1 Å². The Bertz CT molecular complexity index is 440. The van der Waals surface area contributed by atoms with Crippen molar-refractivity contribution in [2.75, 3.05) is 18.0 Å². The molecule has 1 aromatic heterocycles. The quantitative estimate of drug-likeness (QED) is 0.760. The van der Waals surface area contributed by atoms with Crippen molar-refractivity contribution in [3.8, 4) is 0 Å². The van der Waals surface area contributed by atoms with E-state index in [0.717, 1.165) is 12.1 Å². The topological polar surface area (TPSA) is 62.3 Å². The summed E-state index contributed by atoms with van der Waals surface area (Å²) in [6, 6.07) is 3.47. The molecule has 1 fully saturated rings. The molecule has 0 unspecified atom stereocenters. The Morgan fingerprint density at radius 1 is 1.47 bits per heavy atom. The summed E-state index contributed by atoms with van der Waals surface area (Å²) in [7, 11) is 0. The number of piperazine rings is 1. The van der Waals surface area contributed by atoms with Crippen LogP contribution in [0.2, 0.25) is 0 Å². The van der Waals surface area contributed by atoms with Crippen LogP contribution in [0.25, 0.3) is 0 Å². The van der Waals surface area contributed by atoms with Crippen molar-refractivity contribution in [2.45, 2.75) is 19.4 Å². The molecule has 1 aliphatic rings. The molecule has 5 heteroatoms. The standard InChI is InChI=1S/C12H15N3O2/c1-12(2)11(17)13-5-6-15(12)10-4-3-9(8-16)7-14-10/h3-4,7-8H,5-6H2,1-2H3,(H,13,17). The number of carbonyl (C=O) groups is 2. The van der Waals surface area contributed by atoms with Crippen molar-refractivity contribution in [3.05, 3.63) is 23.9 Å². The molecular weight excluding hydrogens is 218 g/mol. The maximum absolute atomic E-state index is 11.8. The average Bonchev–Trinajstić information content (AvgIpc) is 2.33. The van der Waals surface area contributed by atoms with E-state index in [1.165, 1.54) is 6.20 Å². The van der Waals surface area contributed by atoms with Gasteiger partial charge >= 0.3 is 0 Å². The van der Waals surface area contributed by atoms with Crippen LogP contribution < -0.4 is 10.2 Å². The Labute approximate surface area is 99.8 Å². The molecule has 1 saturated heterocycles. The van der Waals surface area contributed by atoms with Gasteiger partial charge in [0.05, 0.1) is 0 Å². The highest BCUT2D eigenvalue weighted by Crippen LogP contribution is 2.24. The van der Waals surface area contributed by atoms with E-state index in [2.05, 4.69) is 10.3 Å². The number of hydrogen-bond donors (Lipinski definition) is 1. The van der Waals surface area contributed by atoms with Crippen LogP contribution in [0.15, 0.2) is 18.3 Å². The molecule has 2 heterocycles. The SMILES string of the molecule is CC1(C)C(=O)NCCN1c1ccc(C=O)cn1. The molecule has 0 spiro atoms. The molecule has 0 radical (unpaired) electrons. The second-order valence-corrected chi connectivity index (χ2v) is 4.53. The lowest BCUT2D eigenvalue weighted by Crippen LogP contribution is -2.62. The smallest absolute Gasteiger partial charge is 0.245 e. The fourth-order valence-corrected chi connectivity index (χ4v) is 1.93. The molecule has 0 atom stereocenters. The van der Waals surface area contributed by atoms with E-state index in [4.69, 9.17) is 0 Å². The highest BCUT2D eigenvalue weighted by molar-refractivity contribution is 5.90. The van der Waals surface area contributed by atoms with Crippen molar-refractivity contribution >= 4 is 18.0 Å². The minimum Gasteiger partial charge on any atom is -0.352 e. The third kappa shape index (κ3) is 2.00. The number of rotatable bonds is 2. The van der Waals surface area contributed by atoms with Gasteiger partial charge in [-0.2, -0.15) is 0 Å². The van der Waals surface area contributed by atoms with E-state index in [9.17, 15) is 9.59 Å². The summed E-state index contributed by atoms with van der Waals surface area (Å²) in [4.78, 5) is 28.5. The molecular formula is C12H15N3O2. The number of aromatic nitrogens is 1. The number of anilines is 1. The van der Waals surface area contributed by atoms with Crippen LogP contribution in [0.5, 0.6) is 0 Å². The third-order valence-corrected chi connectivity index (χ3v) is 3.03. The molecule has 0 saturated carbocycles. The highest BCUT2D eigenvalue weighted by Gasteiger charge is 2.38. The van der Waals surface area contributed by atoms with Gasteiger partial charge in [-0.25, -0.2) is 4.98 Å². The summed E-state index contributed by atoms with van der Waals surface area (Å²) in [6.07, 6.45) is 2.27. The first-order valence-corrected chi connectivity index (χ1v) is 5.53. The van der Waals surface area contributed by atoms with Crippen LogP contribution in [0, 0.1) is 0 Å². The molecule has 90 valence electrons. The number of aldehydes is 1. The summed E-state index contributed by atoms with van der Waals surface area (Å²) >= 11 is 0. The summed E-state index contributed by atoms with van der Waals surface area (Å²) in [6.45, 7) is 5.04. The Balaban J connectivity index is 2.31. The molecule has 1 amide bonds. The number of nitrogens with one attached hydrogen (secondary N) is 1. The molecule has 1 aromatic rings. The van der Waals surface area contributed by atoms with E-state index in [-0.39, 0.29) is 5.91 Å². The van der Waals surface area contributed by atoms with Gasteiger partial charge in [0.15, 0.2) is 6.29 Å². The lowest BCUT2D eigenvalue weighted by Gasteiger charge is -2.41. The van der Waals surface area contributed by atoms with E-state index in [1.807, 2.05) is 18.7 Å². The van der Waals surface area contributed by atoms with Crippen LogP contribution in [0.3, 0.4) is 0 Å². The molecule has 1 N–H and O–H groups in total. The Morgan fingerprint density at radius 2 is 2.24 bits per heavy atom. The Kier molecular flexibility index (Phi) is 2.83. The van der Waals surface area contributed by atoms with Crippen LogP contribution in [-0.4, -0.2) is 35.8 Å². The first kappa shape index (κ1) is 11.6. The van der Waals surface area contributed by atoms with Gasteiger partial charge in [-0.3, -0.25) is 9.59 Å². The zero-order valence-electron chi connectivity index (χ0n) is 9.93. The minimum absolute atomic E-state index is 0.00925. The van der Waals surface area contributed by atoms with Crippen molar-refractivity contribution in [1.82, 2.24) is 10.3 Å². The minimum atomic E-state index is -0.617. The molecule has 5 nitrogen and oxygen atoms in total. The summed E-state index contributed by atoms with van der Waals surface area (Å²) < 4.78 is 0. The van der Waals surface area contributed by atoms with Crippen molar-refractivity contribution < 1.29 is 9.59 Å². The number of nitrogens with zero attached hydrogens (tertiary/aromatic N) is 2. The molecule has 2 rings (SSSR count). The third-order valence-electron chi connectivity index (χ3n) is 3.03. The lowest BCUT2D eigenvalue weighted by atomic mass is 9.99. The fourth-order valence-electron chi connectivity index (χ4n) is 1.93. The number of hydrogen-bond acceptors (Lipinski definition) is 4. The first-order chi connectivity index (χ1) is 8.05. The monoisotopic (exact) mass is 233 g/mol. The second kappa shape index (κ2) is 4.16. The van der Waals surface area contributed by atoms with E-state index < -0.39 is 5.54 Å². The maximum atomic E-state index is 11.8. The highest BCUT2D eigenvalue weighted by atomic mass is 16.2. The molecule has 17 heavy (non-hydrogen) atoms. The number of carbonyl (C=O) groups excluding carboxylic acids is 2. The second-order valence-electron chi connectivity index (χ2n) is 4.53. The summed E-state index contributed by atoms with van der Waals surface area (Å²) in [5, 5.41) is 2.83. The van der Waals surface area contributed by atoms with Crippen molar-refractivity contribution in [1.29, 1.82) is 0 Å². The normalized spacial score (nSPS) is 18.7. The zero-order chi connectivity index (χ0) is 12.5. The lowest BCUT2D eigenvalue weighted by molar-refractivity contribution is -0.126. The van der Waals surface area contributed by atoms with E-state index >= 15 is 0 Å². The Morgan fingerprint density at radius 3 is 2.82 bits per heavy atom. The van der Waals surface area contributed by atoms with Crippen molar-refractivity contribution in [3.63, 3.8) is 0 Å². The number of amides is 1. The predicted octanol–water partition coefficient (Wildman–Crippen LogP) is 0.609. The molecule has 0 aliphatic carbocycles.